The van der Waals surface area contributed by atoms with Gasteiger partial charge in [0.2, 0.25) is 5.91 Å². The summed E-state index contributed by atoms with van der Waals surface area (Å²) in [6.07, 6.45) is -0.853. The fourth-order valence-electron chi connectivity index (χ4n) is 3.40. The molecule has 1 aliphatic heterocycles. The molecule has 1 aromatic carbocycles. The van der Waals surface area contributed by atoms with Crippen LogP contribution in [0.3, 0.4) is 0 Å². The molecule has 166 valence electrons. The Kier molecular flexibility index (Phi) is 6.88. The van der Waals surface area contributed by atoms with Crippen molar-refractivity contribution in [2.75, 3.05) is 23.5 Å². The van der Waals surface area contributed by atoms with E-state index in [4.69, 9.17) is 0 Å². The van der Waals surface area contributed by atoms with Crippen LogP contribution >= 0.6 is 11.8 Å². The topological polar surface area (TPSA) is 53.5 Å². The van der Waals surface area contributed by atoms with Gasteiger partial charge < -0.3 is 4.90 Å². The largest absolute Gasteiger partial charge is 0.416 e. The lowest BCUT2D eigenvalue weighted by Crippen LogP contribution is -2.60. The van der Waals surface area contributed by atoms with Crippen LogP contribution < -0.4 is 4.90 Å². The fraction of sp³-hybridized carbons (Fsp3) is 0.381. The van der Waals surface area contributed by atoms with Crippen molar-refractivity contribution >= 4 is 29.4 Å². The molecule has 0 bridgehead atoms. The number of hydrogen-bond acceptors (Lipinski definition) is 4. The molecule has 3 rings (SSSR count). The van der Waals surface area contributed by atoms with Gasteiger partial charge in [-0.05, 0) is 54.7 Å². The van der Waals surface area contributed by atoms with Gasteiger partial charge in [0.1, 0.15) is 12.6 Å². The Hall–Kier alpha value is -2.62. The van der Waals surface area contributed by atoms with Crippen LogP contribution in [-0.4, -0.2) is 46.3 Å². The van der Waals surface area contributed by atoms with Gasteiger partial charge in [0, 0.05) is 12.7 Å². The molecular weight excluding hydrogens is 434 g/mol. The number of alkyl halides is 3. The Morgan fingerprint density at radius 2 is 1.87 bits per heavy atom. The lowest BCUT2D eigenvalue weighted by Gasteiger charge is -2.40. The number of rotatable bonds is 6. The van der Waals surface area contributed by atoms with Crippen molar-refractivity contribution < 1.29 is 27.2 Å². The Bertz CT molecular complexity index is 966. The fourth-order valence-corrected chi connectivity index (χ4v) is 3.86. The number of thioether (sulfide) groups is 1. The number of carbonyl (C=O) groups excluding carboxylic acids is 2. The second-order valence-electron chi connectivity index (χ2n) is 7.26. The summed E-state index contributed by atoms with van der Waals surface area (Å²) in [6.45, 7) is 1.26. The second kappa shape index (κ2) is 9.25. The molecule has 2 heterocycles. The molecular formula is C21H21F4N3O2S. The minimum absolute atomic E-state index is 0.0145. The second-order valence-corrected chi connectivity index (χ2v) is 8.24. The molecule has 2 aromatic rings. The van der Waals surface area contributed by atoms with Crippen molar-refractivity contribution in [1.29, 1.82) is 0 Å². The minimum Gasteiger partial charge on any atom is -0.325 e. The Labute approximate surface area is 181 Å². The quantitative estimate of drug-likeness (QED) is 0.617. The van der Waals surface area contributed by atoms with E-state index >= 15 is 0 Å². The van der Waals surface area contributed by atoms with Crippen molar-refractivity contribution in [1.82, 2.24) is 9.88 Å². The highest BCUT2D eigenvalue weighted by Crippen LogP contribution is 2.30. The lowest BCUT2D eigenvalue weighted by molar-refractivity contribution is -0.144. The number of carbonyl (C=O) groups is 2. The molecule has 0 N–H and O–H groups in total. The van der Waals surface area contributed by atoms with Gasteiger partial charge in [-0.1, -0.05) is 12.1 Å². The zero-order valence-corrected chi connectivity index (χ0v) is 17.8. The summed E-state index contributed by atoms with van der Waals surface area (Å²) in [5, 5.41) is 0. The number of amides is 2. The number of benzene rings is 1. The number of nitrogens with zero attached hydrogens (tertiary/aromatic N) is 3. The van der Waals surface area contributed by atoms with Crippen molar-refractivity contribution in [3.8, 4) is 0 Å². The number of aryl methyl sites for hydroxylation is 1. The molecule has 1 unspecified atom stereocenters. The first-order valence-corrected chi connectivity index (χ1v) is 10.9. The highest BCUT2D eigenvalue weighted by molar-refractivity contribution is 7.98. The third-order valence-electron chi connectivity index (χ3n) is 4.98. The Balaban J connectivity index is 1.87. The highest BCUT2D eigenvalue weighted by atomic mass is 32.2. The van der Waals surface area contributed by atoms with Gasteiger partial charge >= 0.3 is 6.18 Å². The SMILES string of the molecule is CSCCC1C(=O)N(c2ncc(C)cc2F)CC(=O)N1Cc1ccc(C(F)(F)F)cc1. The van der Waals surface area contributed by atoms with E-state index in [1.54, 1.807) is 6.92 Å². The molecule has 1 fully saturated rings. The minimum atomic E-state index is -4.46. The van der Waals surface area contributed by atoms with E-state index in [2.05, 4.69) is 4.98 Å². The molecule has 1 aromatic heterocycles. The first kappa shape index (κ1) is 23.1. The van der Waals surface area contributed by atoms with Crippen molar-refractivity contribution in [2.24, 2.45) is 0 Å². The van der Waals surface area contributed by atoms with Crippen LogP contribution in [0.2, 0.25) is 0 Å². The molecule has 0 saturated carbocycles. The predicted molar refractivity (Wildman–Crippen MR) is 110 cm³/mol. The van der Waals surface area contributed by atoms with Crippen molar-refractivity contribution in [2.45, 2.75) is 32.1 Å². The molecule has 0 radical (unpaired) electrons. The normalized spacial score (nSPS) is 17.4. The molecule has 0 aliphatic carbocycles. The lowest BCUT2D eigenvalue weighted by atomic mass is 10.0. The molecule has 1 saturated heterocycles. The van der Waals surface area contributed by atoms with Gasteiger partial charge in [-0.3, -0.25) is 14.5 Å². The summed E-state index contributed by atoms with van der Waals surface area (Å²) in [7, 11) is 0. The number of piperazine rings is 1. The maximum absolute atomic E-state index is 14.4. The number of anilines is 1. The summed E-state index contributed by atoms with van der Waals surface area (Å²) in [4.78, 5) is 32.5. The first-order chi connectivity index (χ1) is 14.6. The van der Waals surface area contributed by atoms with Crippen LogP contribution in [0.25, 0.3) is 0 Å². The van der Waals surface area contributed by atoms with E-state index in [1.807, 2.05) is 6.26 Å². The first-order valence-electron chi connectivity index (χ1n) is 9.50. The Morgan fingerprint density at radius 3 is 2.45 bits per heavy atom. The van der Waals surface area contributed by atoms with Gasteiger partial charge in [0.15, 0.2) is 11.6 Å². The summed E-state index contributed by atoms with van der Waals surface area (Å²) in [6, 6.07) is 4.85. The maximum atomic E-state index is 14.4. The van der Waals surface area contributed by atoms with Crippen LogP contribution in [0.1, 0.15) is 23.1 Å². The van der Waals surface area contributed by atoms with Crippen molar-refractivity contribution in [3.05, 3.63) is 59.0 Å². The zero-order chi connectivity index (χ0) is 22.8. The van der Waals surface area contributed by atoms with Crippen molar-refractivity contribution in [3.63, 3.8) is 0 Å². The standard InChI is InChI=1S/C21H21F4N3O2S/c1-13-9-16(22)19(26-10-13)28-12-18(29)27(17(20(28)30)7-8-31-2)11-14-3-5-15(6-4-14)21(23,24)25/h3-6,9-10,17H,7-8,11-12H2,1-2H3. The van der Waals surface area contributed by atoms with E-state index in [0.29, 0.717) is 23.3 Å². The molecule has 1 aliphatic rings. The zero-order valence-electron chi connectivity index (χ0n) is 16.9. The van der Waals surface area contributed by atoms with Gasteiger partial charge in [-0.2, -0.15) is 24.9 Å². The molecule has 5 nitrogen and oxygen atoms in total. The summed E-state index contributed by atoms with van der Waals surface area (Å²) in [5.74, 6) is -1.21. The third-order valence-corrected chi connectivity index (χ3v) is 5.63. The van der Waals surface area contributed by atoms with E-state index in [9.17, 15) is 27.2 Å². The highest BCUT2D eigenvalue weighted by Gasteiger charge is 2.41. The van der Waals surface area contributed by atoms with Gasteiger partial charge in [0.25, 0.3) is 5.91 Å². The van der Waals surface area contributed by atoms with Crippen LogP contribution in [0.4, 0.5) is 23.4 Å². The number of aromatic nitrogens is 1. The summed E-state index contributed by atoms with van der Waals surface area (Å²) >= 11 is 1.49. The van der Waals surface area contributed by atoms with E-state index in [0.717, 1.165) is 17.0 Å². The predicted octanol–water partition coefficient (Wildman–Crippen LogP) is 4.05. The smallest absolute Gasteiger partial charge is 0.325 e. The van der Waals surface area contributed by atoms with E-state index < -0.39 is 35.4 Å². The number of halogens is 4. The molecule has 0 spiro atoms. The number of pyridine rings is 1. The third kappa shape index (κ3) is 5.17. The number of hydrogen-bond donors (Lipinski definition) is 0. The van der Waals surface area contributed by atoms with Crippen LogP contribution in [0.5, 0.6) is 0 Å². The maximum Gasteiger partial charge on any atom is 0.416 e. The van der Waals surface area contributed by atoms with Gasteiger partial charge in [0.05, 0.1) is 5.56 Å². The van der Waals surface area contributed by atoms with Crippen LogP contribution in [0, 0.1) is 12.7 Å². The summed E-state index contributed by atoms with van der Waals surface area (Å²) < 4.78 is 52.8. The van der Waals surface area contributed by atoms with Gasteiger partial charge in [-0.25, -0.2) is 9.37 Å². The average molecular weight is 455 g/mol. The molecule has 31 heavy (non-hydrogen) atoms. The molecule has 2 amide bonds. The average Bonchev–Trinajstić information content (AvgIpc) is 2.70. The van der Waals surface area contributed by atoms with Crippen LogP contribution in [0.15, 0.2) is 36.5 Å². The van der Waals surface area contributed by atoms with E-state index in [1.165, 1.54) is 41.1 Å². The van der Waals surface area contributed by atoms with Crippen LogP contribution in [-0.2, 0) is 22.3 Å². The van der Waals surface area contributed by atoms with E-state index in [-0.39, 0.29) is 18.9 Å². The molecule has 10 heteroatoms. The summed E-state index contributed by atoms with van der Waals surface area (Å²) in [5.41, 5.74) is 0.264. The van der Waals surface area contributed by atoms with Gasteiger partial charge in [-0.15, -0.1) is 0 Å². The molecule has 1 atom stereocenters. The monoisotopic (exact) mass is 455 g/mol. The Morgan fingerprint density at radius 1 is 1.19 bits per heavy atom.